The first-order chi connectivity index (χ1) is 10.6. The highest BCUT2D eigenvalue weighted by Crippen LogP contribution is 2.23. The number of aromatic nitrogens is 1. The zero-order valence-electron chi connectivity index (χ0n) is 12.9. The summed E-state index contributed by atoms with van der Waals surface area (Å²) in [4.78, 5) is 15.6. The maximum atomic E-state index is 12.5. The second-order valence-corrected chi connectivity index (χ2v) is 5.36. The Morgan fingerprint density at radius 3 is 2.50 bits per heavy atom. The molecule has 4 heteroatoms. The highest BCUT2D eigenvalue weighted by Gasteiger charge is 2.12. The Hall–Kier alpha value is -2.75. The Morgan fingerprint density at radius 1 is 1.09 bits per heavy atom. The summed E-state index contributed by atoms with van der Waals surface area (Å²) >= 11 is 0. The van der Waals surface area contributed by atoms with E-state index in [1.807, 2.05) is 56.3 Å². The van der Waals surface area contributed by atoms with Crippen LogP contribution in [-0.4, -0.2) is 18.0 Å². The maximum Gasteiger partial charge on any atom is 0.272 e. The molecule has 4 nitrogen and oxygen atoms in total. The van der Waals surface area contributed by atoms with Gasteiger partial charge in [-0.05, 0) is 49.2 Å². The predicted molar refractivity (Wildman–Crippen MR) is 88.7 cm³/mol. The lowest BCUT2D eigenvalue weighted by Crippen LogP contribution is -2.14. The number of fused-ring (bicyclic) bond motifs is 1. The number of anilines is 1. The minimum Gasteiger partial charge on any atom is -0.497 e. The number of carbonyl (C=O) groups is 1. The van der Waals surface area contributed by atoms with Crippen molar-refractivity contribution >= 4 is 22.5 Å². The summed E-state index contributed by atoms with van der Waals surface area (Å²) in [6.07, 6.45) is 0. The standard InChI is InChI=1S/C18H18N2O2/c1-11-5-4-6-12(2)17(11)20-18(21)16-10-13-9-14(22-3)7-8-15(13)19-16/h4-10,19H,1-3H3,(H,20,21). The van der Waals surface area contributed by atoms with Crippen LogP contribution >= 0.6 is 0 Å². The van der Waals surface area contributed by atoms with E-state index in [-0.39, 0.29) is 5.91 Å². The van der Waals surface area contributed by atoms with Crippen LogP contribution in [0.4, 0.5) is 5.69 Å². The number of para-hydroxylation sites is 1. The number of aromatic amines is 1. The molecule has 1 heterocycles. The Balaban J connectivity index is 1.92. The molecule has 3 rings (SSSR count). The summed E-state index contributed by atoms with van der Waals surface area (Å²) in [6, 6.07) is 13.5. The summed E-state index contributed by atoms with van der Waals surface area (Å²) in [5, 5.41) is 3.93. The van der Waals surface area contributed by atoms with E-state index < -0.39 is 0 Å². The molecular formula is C18H18N2O2. The molecule has 0 aliphatic rings. The van der Waals surface area contributed by atoms with Crippen LogP contribution in [0.3, 0.4) is 0 Å². The average molecular weight is 294 g/mol. The normalized spacial score (nSPS) is 10.7. The molecule has 0 radical (unpaired) electrons. The number of H-pyrrole nitrogens is 1. The number of hydrogen-bond acceptors (Lipinski definition) is 2. The monoisotopic (exact) mass is 294 g/mol. The van der Waals surface area contributed by atoms with Gasteiger partial charge in [0.05, 0.1) is 7.11 Å². The first-order valence-electron chi connectivity index (χ1n) is 7.13. The van der Waals surface area contributed by atoms with E-state index in [9.17, 15) is 4.79 Å². The molecular weight excluding hydrogens is 276 g/mol. The minimum atomic E-state index is -0.146. The zero-order valence-corrected chi connectivity index (χ0v) is 12.9. The molecule has 0 bridgehead atoms. The van der Waals surface area contributed by atoms with Crippen LogP contribution in [0.15, 0.2) is 42.5 Å². The summed E-state index contributed by atoms with van der Waals surface area (Å²) in [5.74, 6) is 0.626. The fraction of sp³-hybridized carbons (Fsp3) is 0.167. The van der Waals surface area contributed by atoms with Gasteiger partial charge in [-0.2, -0.15) is 0 Å². The quantitative estimate of drug-likeness (QED) is 0.765. The molecule has 0 saturated carbocycles. The van der Waals surface area contributed by atoms with E-state index >= 15 is 0 Å². The van der Waals surface area contributed by atoms with Crippen molar-refractivity contribution in [3.05, 3.63) is 59.3 Å². The lowest BCUT2D eigenvalue weighted by Gasteiger charge is -2.10. The van der Waals surface area contributed by atoms with Gasteiger partial charge in [-0.3, -0.25) is 4.79 Å². The second kappa shape index (κ2) is 5.56. The van der Waals surface area contributed by atoms with Crippen molar-refractivity contribution in [1.29, 1.82) is 0 Å². The van der Waals surface area contributed by atoms with Crippen LogP contribution in [0.2, 0.25) is 0 Å². The second-order valence-electron chi connectivity index (χ2n) is 5.36. The van der Waals surface area contributed by atoms with Gasteiger partial charge in [0.2, 0.25) is 0 Å². The first kappa shape index (κ1) is 14.2. The molecule has 1 amide bonds. The lowest BCUT2D eigenvalue weighted by atomic mass is 10.1. The van der Waals surface area contributed by atoms with Crippen molar-refractivity contribution in [3.8, 4) is 5.75 Å². The van der Waals surface area contributed by atoms with E-state index in [0.29, 0.717) is 5.69 Å². The van der Waals surface area contributed by atoms with E-state index in [1.165, 1.54) is 0 Å². The Kier molecular flexibility index (Phi) is 3.59. The third kappa shape index (κ3) is 2.55. The molecule has 22 heavy (non-hydrogen) atoms. The highest BCUT2D eigenvalue weighted by molar-refractivity contribution is 6.06. The maximum absolute atomic E-state index is 12.5. The molecule has 0 unspecified atom stereocenters. The van der Waals surface area contributed by atoms with Gasteiger partial charge in [-0.25, -0.2) is 0 Å². The number of aryl methyl sites for hydroxylation is 2. The summed E-state index contributed by atoms with van der Waals surface area (Å²) < 4.78 is 5.20. The Morgan fingerprint density at radius 2 is 1.82 bits per heavy atom. The van der Waals surface area contributed by atoms with E-state index in [1.54, 1.807) is 7.11 Å². The number of carbonyl (C=O) groups excluding carboxylic acids is 1. The van der Waals surface area contributed by atoms with Crippen LogP contribution in [0.25, 0.3) is 10.9 Å². The number of ether oxygens (including phenoxy) is 1. The van der Waals surface area contributed by atoms with Crippen molar-refractivity contribution in [2.24, 2.45) is 0 Å². The molecule has 0 fully saturated rings. The third-order valence-corrected chi connectivity index (χ3v) is 3.79. The number of benzene rings is 2. The minimum absolute atomic E-state index is 0.146. The van der Waals surface area contributed by atoms with Crippen molar-refractivity contribution in [3.63, 3.8) is 0 Å². The summed E-state index contributed by atoms with van der Waals surface area (Å²) in [5.41, 5.74) is 4.40. The average Bonchev–Trinajstić information content (AvgIpc) is 2.94. The van der Waals surface area contributed by atoms with Crippen LogP contribution in [0.5, 0.6) is 5.75 Å². The predicted octanol–water partition coefficient (Wildman–Crippen LogP) is 4.05. The SMILES string of the molecule is COc1ccc2[nH]c(C(=O)Nc3c(C)cccc3C)cc2c1. The Labute approximate surface area is 129 Å². The molecule has 1 aromatic heterocycles. The van der Waals surface area contributed by atoms with Gasteiger partial charge in [0.25, 0.3) is 5.91 Å². The highest BCUT2D eigenvalue weighted by atomic mass is 16.5. The van der Waals surface area contributed by atoms with Crippen LogP contribution in [-0.2, 0) is 0 Å². The van der Waals surface area contributed by atoms with Crippen molar-refractivity contribution < 1.29 is 9.53 Å². The van der Waals surface area contributed by atoms with Crippen molar-refractivity contribution in [2.45, 2.75) is 13.8 Å². The summed E-state index contributed by atoms with van der Waals surface area (Å²) in [7, 11) is 1.63. The van der Waals surface area contributed by atoms with Crippen molar-refractivity contribution in [2.75, 3.05) is 12.4 Å². The number of methoxy groups -OCH3 is 1. The first-order valence-corrected chi connectivity index (χ1v) is 7.13. The van der Waals surface area contributed by atoms with Gasteiger partial charge in [-0.1, -0.05) is 18.2 Å². The molecule has 112 valence electrons. The van der Waals surface area contributed by atoms with E-state index in [4.69, 9.17) is 4.74 Å². The molecule has 0 aliphatic carbocycles. The molecule has 0 spiro atoms. The van der Waals surface area contributed by atoms with Gasteiger partial charge in [0.15, 0.2) is 0 Å². The van der Waals surface area contributed by atoms with Crippen LogP contribution in [0, 0.1) is 13.8 Å². The fourth-order valence-corrected chi connectivity index (χ4v) is 2.55. The molecule has 2 aromatic carbocycles. The Bertz CT molecular complexity index is 829. The molecule has 0 aliphatic heterocycles. The van der Waals surface area contributed by atoms with Crippen LogP contribution < -0.4 is 10.1 Å². The van der Waals surface area contributed by atoms with E-state index in [0.717, 1.165) is 33.5 Å². The number of amides is 1. The molecule has 2 N–H and O–H groups in total. The fourth-order valence-electron chi connectivity index (χ4n) is 2.55. The number of hydrogen-bond donors (Lipinski definition) is 2. The number of nitrogens with one attached hydrogen (secondary N) is 2. The van der Waals surface area contributed by atoms with Gasteiger partial charge in [0, 0.05) is 16.6 Å². The molecule has 3 aromatic rings. The van der Waals surface area contributed by atoms with Crippen LogP contribution in [0.1, 0.15) is 21.6 Å². The topological polar surface area (TPSA) is 54.1 Å². The van der Waals surface area contributed by atoms with Crippen molar-refractivity contribution in [1.82, 2.24) is 4.98 Å². The van der Waals surface area contributed by atoms with Gasteiger partial charge in [-0.15, -0.1) is 0 Å². The van der Waals surface area contributed by atoms with Gasteiger partial charge >= 0.3 is 0 Å². The van der Waals surface area contributed by atoms with E-state index in [2.05, 4.69) is 10.3 Å². The molecule has 0 atom stereocenters. The van der Waals surface area contributed by atoms with Gasteiger partial charge in [0.1, 0.15) is 11.4 Å². The smallest absolute Gasteiger partial charge is 0.272 e. The zero-order chi connectivity index (χ0) is 15.7. The lowest BCUT2D eigenvalue weighted by molar-refractivity contribution is 0.102. The summed E-state index contributed by atoms with van der Waals surface area (Å²) in [6.45, 7) is 3.97. The largest absolute Gasteiger partial charge is 0.497 e. The van der Waals surface area contributed by atoms with Gasteiger partial charge < -0.3 is 15.0 Å². The number of rotatable bonds is 3. The third-order valence-electron chi connectivity index (χ3n) is 3.79. The molecule has 0 saturated heterocycles.